The van der Waals surface area contributed by atoms with E-state index in [0.717, 1.165) is 25.9 Å². The van der Waals surface area contributed by atoms with Crippen LogP contribution in [0.5, 0.6) is 5.75 Å². The summed E-state index contributed by atoms with van der Waals surface area (Å²) in [6.07, 6.45) is 3.78. The van der Waals surface area contributed by atoms with E-state index in [0.29, 0.717) is 23.1 Å². The summed E-state index contributed by atoms with van der Waals surface area (Å²) in [6, 6.07) is 5.22. The highest BCUT2D eigenvalue weighted by Crippen LogP contribution is 2.26. The number of rotatable bonds is 6. The molecule has 2 aromatic rings. The molecule has 10 heteroatoms. The van der Waals surface area contributed by atoms with E-state index in [1.807, 2.05) is 14.1 Å². The molecule has 2 heterocycles. The van der Waals surface area contributed by atoms with Gasteiger partial charge < -0.3 is 25.2 Å². The van der Waals surface area contributed by atoms with Crippen molar-refractivity contribution >= 4 is 29.2 Å². The summed E-state index contributed by atoms with van der Waals surface area (Å²) >= 11 is 0. The Morgan fingerprint density at radius 2 is 2.00 bits per heavy atom. The maximum atomic E-state index is 12.3. The number of hydrogen-bond acceptors (Lipinski definition) is 6. The normalized spacial score (nSPS) is 13.5. The zero-order valence-corrected chi connectivity index (χ0v) is 15.7. The molecule has 0 aliphatic carbocycles. The van der Waals surface area contributed by atoms with E-state index < -0.39 is 12.6 Å². The predicted molar refractivity (Wildman–Crippen MR) is 104 cm³/mol. The number of nitrogens with one attached hydrogen (secondary N) is 2. The summed E-state index contributed by atoms with van der Waals surface area (Å²) in [6.45, 7) is -1.10. The van der Waals surface area contributed by atoms with E-state index in [9.17, 15) is 13.6 Å². The summed E-state index contributed by atoms with van der Waals surface area (Å²) in [5, 5.41) is 5.27. The molecule has 1 fully saturated rings. The summed E-state index contributed by atoms with van der Waals surface area (Å²) in [4.78, 5) is 25.1. The van der Waals surface area contributed by atoms with Crippen LogP contribution < -0.4 is 25.2 Å². The maximum absolute atomic E-state index is 12.3. The van der Waals surface area contributed by atoms with Crippen molar-refractivity contribution < 1.29 is 18.3 Å². The zero-order valence-electron chi connectivity index (χ0n) is 15.7. The van der Waals surface area contributed by atoms with Gasteiger partial charge in [-0.15, -0.1) is 0 Å². The molecule has 3 rings (SSSR count). The Hall–Kier alpha value is -3.17. The molecule has 1 aliphatic rings. The van der Waals surface area contributed by atoms with Crippen LogP contribution in [0.25, 0.3) is 0 Å². The van der Waals surface area contributed by atoms with Crippen molar-refractivity contribution in [1.82, 2.24) is 9.97 Å². The van der Waals surface area contributed by atoms with Gasteiger partial charge in [0.2, 0.25) is 5.95 Å². The summed E-state index contributed by atoms with van der Waals surface area (Å²) in [5.74, 6) is 1.16. The van der Waals surface area contributed by atoms with Crippen molar-refractivity contribution in [2.75, 3.05) is 47.6 Å². The van der Waals surface area contributed by atoms with Crippen LogP contribution in [-0.2, 0) is 0 Å². The number of amides is 2. The predicted octanol–water partition coefficient (Wildman–Crippen LogP) is 3.39. The second kappa shape index (κ2) is 8.68. The fourth-order valence-corrected chi connectivity index (χ4v) is 2.90. The van der Waals surface area contributed by atoms with Gasteiger partial charge in [0, 0.05) is 38.9 Å². The summed E-state index contributed by atoms with van der Waals surface area (Å²) in [5.41, 5.74) is 0.752. The lowest BCUT2D eigenvalue weighted by molar-refractivity contribution is -0.0497. The Morgan fingerprint density at radius 1 is 1.25 bits per heavy atom. The van der Waals surface area contributed by atoms with Crippen molar-refractivity contribution in [2.45, 2.75) is 19.5 Å². The molecule has 1 saturated heterocycles. The molecule has 1 aromatic heterocycles. The van der Waals surface area contributed by atoms with Gasteiger partial charge >= 0.3 is 12.6 Å². The Balaban J connectivity index is 1.71. The van der Waals surface area contributed by atoms with Crippen molar-refractivity contribution in [2.24, 2.45) is 0 Å². The number of benzene rings is 1. The van der Waals surface area contributed by atoms with Gasteiger partial charge in [-0.1, -0.05) is 6.07 Å². The monoisotopic (exact) mass is 392 g/mol. The number of carbonyl (C=O) groups is 1. The van der Waals surface area contributed by atoms with E-state index in [4.69, 9.17) is 0 Å². The molecule has 2 N–H and O–H groups in total. The number of urea groups is 1. The third-order valence-electron chi connectivity index (χ3n) is 4.13. The number of nitrogens with zero attached hydrogens (tertiary/aromatic N) is 4. The topological polar surface area (TPSA) is 82.6 Å². The fraction of sp³-hybridized carbons (Fsp3) is 0.389. The molecular formula is C18H22F2N6O2. The highest BCUT2D eigenvalue weighted by molar-refractivity contribution is 6.01. The first-order valence-corrected chi connectivity index (χ1v) is 8.84. The van der Waals surface area contributed by atoms with Crippen molar-refractivity contribution in [1.29, 1.82) is 0 Å². The Bertz CT molecular complexity index is 827. The summed E-state index contributed by atoms with van der Waals surface area (Å²) < 4.78 is 29.0. The lowest BCUT2D eigenvalue weighted by atomic mass is 10.3. The highest BCUT2D eigenvalue weighted by atomic mass is 19.3. The van der Waals surface area contributed by atoms with E-state index >= 15 is 0 Å². The van der Waals surface area contributed by atoms with Crippen molar-refractivity contribution in [3.05, 3.63) is 30.5 Å². The van der Waals surface area contributed by atoms with Gasteiger partial charge in [0.1, 0.15) is 11.4 Å². The molecule has 1 aliphatic heterocycles. The van der Waals surface area contributed by atoms with Gasteiger partial charge in [-0.2, -0.15) is 13.8 Å². The number of hydrogen-bond donors (Lipinski definition) is 2. The van der Waals surface area contributed by atoms with Crippen LogP contribution in [0.2, 0.25) is 0 Å². The minimum absolute atomic E-state index is 0.0416. The first kappa shape index (κ1) is 19.6. The highest BCUT2D eigenvalue weighted by Gasteiger charge is 2.18. The second-order valence-corrected chi connectivity index (χ2v) is 6.48. The number of alkyl halides is 2. The van der Waals surface area contributed by atoms with Crippen molar-refractivity contribution in [3.63, 3.8) is 0 Å². The van der Waals surface area contributed by atoms with Crippen LogP contribution in [0.1, 0.15) is 12.8 Å². The Labute approximate surface area is 161 Å². The van der Waals surface area contributed by atoms with Crippen LogP contribution in [0.15, 0.2) is 30.5 Å². The molecule has 0 atom stereocenters. The van der Waals surface area contributed by atoms with E-state index in [-0.39, 0.29) is 5.75 Å². The molecule has 0 unspecified atom stereocenters. The molecule has 0 radical (unpaired) electrons. The lowest BCUT2D eigenvalue weighted by Crippen LogP contribution is -2.25. The lowest BCUT2D eigenvalue weighted by Gasteiger charge is -2.21. The maximum Gasteiger partial charge on any atom is 0.387 e. The van der Waals surface area contributed by atoms with Crippen LogP contribution in [0, 0.1) is 0 Å². The van der Waals surface area contributed by atoms with Crippen LogP contribution in [0.3, 0.4) is 0 Å². The van der Waals surface area contributed by atoms with Gasteiger partial charge in [0.25, 0.3) is 0 Å². The quantitative estimate of drug-likeness (QED) is 0.784. The molecule has 1 aromatic carbocycles. The minimum Gasteiger partial charge on any atom is -0.435 e. The standard InChI is InChI=1S/C18H22F2N6O2/c1-25(2)15-14(11-21-17(24-15)26-8-3-4-9-26)23-18(27)22-12-6-5-7-13(10-12)28-16(19)20/h5-7,10-11,16H,3-4,8-9H2,1-2H3,(H2,22,23,27). The molecular weight excluding hydrogens is 370 g/mol. The Kier molecular flexibility index (Phi) is 6.07. The molecule has 8 nitrogen and oxygen atoms in total. The zero-order chi connectivity index (χ0) is 20.1. The van der Waals surface area contributed by atoms with Gasteiger partial charge in [-0.25, -0.2) is 9.78 Å². The first-order valence-electron chi connectivity index (χ1n) is 8.84. The number of halogens is 2. The molecule has 150 valence electrons. The molecule has 2 amide bonds. The summed E-state index contributed by atoms with van der Waals surface area (Å²) in [7, 11) is 3.65. The third-order valence-corrected chi connectivity index (χ3v) is 4.13. The fourth-order valence-electron chi connectivity index (χ4n) is 2.90. The van der Waals surface area contributed by atoms with Gasteiger partial charge in [-0.05, 0) is 25.0 Å². The van der Waals surface area contributed by atoms with Crippen LogP contribution in [0.4, 0.5) is 36.7 Å². The SMILES string of the molecule is CN(C)c1nc(N2CCCC2)ncc1NC(=O)Nc1cccc(OC(F)F)c1. The smallest absolute Gasteiger partial charge is 0.387 e. The van der Waals surface area contributed by atoms with E-state index in [1.54, 1.807) is 17.2 Å². The number of ether oxygens (including phenoxy) is 1. The van der Waals surface area contributed by atoms with Gasteiger partial charge in [0.05, 0.1) is 6.20 Å². The number of carbonyl (C=O) groups excluding carboxylic acids is 1. The Morgan fingerprint density at radius 3 is 2.68 bits per heavy atom. The van der Waals surface area contributed by atoms with Gasteiger partial charge in [-0.3, -0.25) is 0 Å². The average Bonchev–Trinajstić information content (AvgIpc) is 3.16. The average molecular weight is 392 g/mol. The third kappa shape index (κ3) is 4.96. The molecule has 0 bridgehead atoms. The van der Waals surface area contributed by atoms with Crippen LogP contribution in [-0.4, -0.2) is 49.8 Å². The van der Waals surface area contributed by atoms with E-state index in [1.165, 1.54) is 18.2 Å². The minimum atomic E-state index is -2.93. The largest absolute Gasteiger partial charge is 0.435 e. The molecule has 0 saturated carbocycles. The second-order valence-electron chi connectivity index (χ2n) is 6.48. The van der Waals surface area contributed by atoms with Gasteiger partial charge in [0.15, 0.2) is 5.82 Å². The van der Waals surface area contributed by atoms with Crippen LogP contribution >= 0.6 is 0 Å². The molecule has 0 spiro atoms. The van der Waals surface area contributed by atoms with E-state index in [2.05, 4.69) is 30.2 Å². The first-order chi connectivity index (χ1) is 13.4. The molecule has 28 heavy (non-hydrogen) atoms. The van der Waals surface area contributed by atoms with Crippen molar-refractivity contribution in [3.8, 4) is 5.75 Å². The number of anilines is 4. The number of aromatic nitrogens is 2.